The average molecular weight is 306 g/mol. The molecule has 3 heteroatoms. The van der Waals surface area contributed by atoms with E-state index in [0.717, 1.165) is 44.9 Å². The van der Waals surface area contributed by atoms with E-state index in [1.807, 2.05) is 0 Å². The number of aliphatic hydroxyl groups is 3. The Kier molecular flexibility index (Phi) is 3.32. The Hall–Kier alpha value is -0.380. The van der Waals surface area contributed by atoms with Crippen molar-refractivity contribution in [1.29, 1.82) is 0 Å². The molecular weight excluding hydrogens is 276 g/mol. The first kappa shape index (κ1) is 15.2. The lowest BCUT2D eigenvalue weighted by Gasteiger charge is -2.58. The molecule has 0 saturated heterocycles. The quantitative estimate of drug-likeness (QED) is 0.603. The number of aliphatic hydroxyl groups excluding tert-OH is 3. The highest BCUT2D eigenvalue weighted by molar-refractivity contribution is 5.27. The van der Waals surface area contributed by atoms with Crippen molar-refractivity contribution in [2.24, 2.45) is 28.6 Å². The van der Waals surface area contributed by atoms with Crippen LogP contribution in [0.5, 0.6) is 0 Å². The SMILES string of the molecule is C[C@]12CC[C@H](O)CC1=C[C@@H](O)[C@@H]1C2CC[C@@]2(C)C1CC[C@@H]2O. The molecule has 3 saturated carbocycles. The summed E-state index contributed by atoms with van der Waals surface area (Å²) in [5.74, 6) is 1.25. The van der Waals surface area contributed by atoms with Gasteiger partial charge in [-0.2, -0.15) is 0 Å². The van der Waals surface area contributed by atoms with Gasteiger partial charge >= 0.3 is 0 Å². The highest BCUT2D eigenvalue weighted by Gasteiger charge is 2.60. The Bertz CT molecular complexity index is 501. The predicted molar refractivity (Wildman–Crippen MR) is 85.1 cm³/mol. The maximum absolute atomic E-state index is 10.9. The van der Waals surface area contributed by atoms with Gasteiger partial charge in [0, 0.05) is 0 Å². The Morgan fingerprint density at radius 2 is 1.73 bits per heavy atom. The van der Waals surface area contributed by atoms with Gasteiger partial charge in [0.15, 0.2) is 0 Å². The van der Waals surface area contributed by atoms with E-state index in [4.69, 9.17) is 0 Å². The van der Waals surface area contributed by atoms with Crippen molar-refractivity contribution < 1.29 is 15.3 Å². The minimum atomic E-state index is -0.395. The summed E-state index contributed by atoms with van der Waals surface area (Å²) in [5, 5.41) is 31.3. The van der Waals surface area contributed by atoms with Crippen LogP contribution >= 0.6 is 0 Å². The predicted octanol–water partition coefficient (Wildman–Crippen LogP) is 2.64. The normalized spacial score (nSPS) is 57.6. The first-order valence-electron chi connectivity index (χ1n) is 9.11. The highest BCUT2D eigenvalue weighted by Crippen LogP contribution is 2.64. The van der Waals surface area contributed by atoms with Gasteiger partial charge < -0.3 is 15.3 Å². The fourth-order valence-corrected chi connectivity index (χ4v) is 6.60. The van der Waals surface area contributed by atoms with Crippen LogP contribution < -0.4 is 0 Å². The van der Waals surface area contributed by atoms with E-state index in [9.17, 15) is 15.3 Å². The van der Waals surface area contributed by atoms with Gasteiger partial charge in [-0.05, 0) is 73.5 Å². The van der Waals surface area contributed by atoms with E-state index in [2.05, 4.69) is 19.9 Å². The lowest BCUT2D eigenvalue weighted by Crippen LogP contribution is -2.55. The van der Waals surface area contributed by atoms with Crippen molar-refractivity contribution >= 4 is 0 Å². The Morgan fingerprint density at radius 1 is 0.955 bits per heavy atom. The van der Waals surface area contributed by atoms with Gasteiger partial charge in [-0.15, -0.1) is 0 Å². The summed E-state index contributed by atoms with van der Waals surface area (Å²) in [6.45, 7) is 4.60. The van der Waals surface area contributed by atoms with Crippen LogP contribution in [-0.2, 0) is 0 Å². The Balaban J connectivity index is 1.73. The van der Waals surface area contributed by atoms with Crippen molar-refractivity contribution in [3.63, 3.8) is 0 Å². The van der Waals surface area contributed by atoms with Crippen LogP contribution in [-0.4, -0.2) is 33.6 Å². The second kappa shape index (κ2) is 4.81. The zero-order chi connectivity index (χ0) is 15.7. The second-order valence-corrected chi connectivity index (χ2v) is 8.92. The van der Waals surface area contributed by atoms with E-state index in [-0.39, 0.29) is 23.0 Å². The number of fused-ring (bicyclic) bond motifs is 5. The first-order valence-corrected chi connectivity index (χ1v) is 9.11. The van der Waals surface area contributed by atoms with Crippen LogP contribution in [0.2, 0.25) is 0 Å². The van der Waals surface area contributed by atoms with Crippen LogP contribution in [0.15, 0.2) is 11.6 Å². The van der Waals surface area contributed by atoms with Gasteiger partial charge in [-0.25, -0.2) is 0 Å². The molecule has 0 bridgehead atoms. The van der Waals surface area contributed by atoms with Gasteiger partial charge in [0.05, 0.1) is 18.3 Å². The fraction of sp³-hybridized carbons (Fsp3) is 0.895. The first-order chi connectivity index (χ1) is 10.4. The lowest BCUT2D eigenvalue weighted by atomic mass is 9.47. The Labute approximate surface area is 133 Å². The zero-order valence-corrected chi connectivity index (χ0v) is 13.8. The van der Waals surface area contributed by atoms with Crippen molar-refractivity contribution in [3.05, 3.63) is 11.6 Å². The van der Waals surface area contributed by atoms with Crippen LogP contribution in [0.3, 0.4) is 0 Å². The lowest BCUT2D eigenvalue weighted by molar-refractivity contribution is -0.105. The summed E-state index contributed by atoms with van der Waals surface area (Å²) in [6, 6.07) is 0. The van der Waals surface area contributed by atoms with Gasteiger partial charge in [-0.3, -0.25) is 0 Å². The molecule has 0 aliphatic heterocycles. The van der Waals surface area contributed by atoms with Crippen LogP contribution in [0.25, 0.3) is 0 Å². The smallest absolute Gasteiger partial charge is 0.0757 e. The molecule has 0 amide bonds. The summed E-state index contributed by atoms with van der Waals surface area (Å²) in [7, 11) is 0. The van der Waals surface area contributed by atoms with Crippen LogP contribution in [0.4, 0.5) is 0 Å². The van der Waals surface area contributed by atoms with Gasteiger partial charge in [0.2, 0.25) is 0 Å². The molecule has 4 aliphatic carbocycles. The molecule has 4 rings (SSSR count). The molecule has 22 heavy (non-hydrogen) atoms. The van der Waals surface area contributed by atoms with Crippen molar-refractivity contribution in [2.45, 2.75) is 77.1 Å². The van der Waals surface area contributed by atoms with Crippen molar-refractivity contribution in [3.8, 4) is 0 Å². The molecule has 3 nitrogen and oxygen atoms in total. The maximum atomic E-state index is 10.9. The average Bonchev–Trinajstić information content (AvgIpc) is 2.77. The fourth-order valence-electron chi connectivity index (χ4n) is 6.60. The molecular formula is C19H30O3. The molecule has 2 unspecified atom stereocenters. The zero-order valence-electron chi connectivity index (χ0n) is 13.8. The molecule has 0 radical (unpaired) electrons. The summed E-state index contributed by atoms with van der Waals surface area (Å²) < 4.78 is 0. The second-order valence-electron chi connectivity index (χ2n) is 8.92. The summed E-state index contributed by atoms with van der Waals surface area (Å²) in [4.78, 5) is 0. The molecule has 0 aromatic rings. The molecule has 0 spiro atoms. The minimum absolute atomic E-state index is 0.00195. The third kappa shape index (κ3) is 1.85. The monoisotopic (exact) mass is 306 g/mol. The van der Waals surface area contributed by atoms with E-state index < -0.39 is 6.10 Å². The molecule has 3 fully saturated rings. The highest BCUT2D eigenvalue weighted by atomic mass is 16.3. The standard InChI is InChI=1S/C19H30O3/c1-18-7-5-12(20)9-11(18)10-15(21)17-13-3-4-16(22)19(13,2)8-6-14(17)18/h10,12-17,20-22H,3-9H2,1-2H3/t12-,13?,14?,15+,16-,17-,18-,19-/m0/s1. The largest absolute Gasteiger partial charge is 0.393 e. The Morgan fingerprint density at radius 3 is 2.50 bits per heavy atom. The molecule has 3 N–H and O–H groups in total. The van der Waals surface area contributed by atoms with E-state index in [0.29, 0.717) is 17.8 Å². The number of hydrogen-bond donors (Lipinski definition) is 3. The number of rotatable bonds is 0. The third-order valence-electron chi connectivity index (χ3n) is 8.05. The topological polar surface area (TPSA) is 60.7 Å². The molecule has 0 heterocycles. The molecule has 0 aromatic carbocycles. The third-order valence-corrected chi connectivity index (χ3v) is 8.05. The summed E-state index contributed by atoms with van der Waals surface area (Å²) in [6.07, 6.45) is 8.05. The molecule has 0 aromatic heterocycles. The van der Waals surface area contributed by atoms with Gasteiger partial charge in [0.1, 0.15) is 0 Å². The molecule has 124 valence electrons. The van der Waals surface area contributed by atoms with E-state index >= 15 is 0 Å². The van der Waals surface area contributed by atoms with E-state index in [1.165, 1.54) is 5.57 Å². The minimum Gasteiger partial charge on any atom is -0.393 e. The molecule has 4 aliphatic rings. The van der Waals surface area contributed by atoms with Crippen LogP contribution in [0, 0.1) is 28.6 Å². The van der Waals surface area contributed by atoms with Crippen LogP contribution in [0.1, 0.15) is 58.8 Å². The van der Waals surface area contributed by atoms with Crippen molar-refractivity contribution in [1.82, 2.24) is 0 Å². The van der Waals surface area contributed by atoms with E-state index in [1.54, 1.807) is 0 Å². The maximum Gasteiger partial charge on any atom is 0.0757 e. The number of hydrogen-bond acceptors (Lipinski definition) is 3. The summed E-state index contributed by atoms with van der Waals surface area (Å²) >= 11 is 0. The molecule has 8 atom stereocenters. The van der Waals surface area contributed by atoms with Crippen molar-refractivity contribution in [2.75, 3.05) is 0 Å². The van der Waals surface area contributed by atoms with Gasteiger partial charge in [0.25, 0.3) is 0 Å². The van der Waals surface area contributed by atoms with Gasteiger partial charge in [-0.1, -0.05) is 25.5 Å². The summed E-state index contributed by atoms with van der Waals surface area (Å²) in [5.41, 5.74) is 1.44.